The molecule has 1 saturated heterocycles. The Morgan fingerprint density at radius 1 is 1.76 bits per heavy atom. The number of rotatable bonds is 4. The lowest BCUT2D eigenvalue weighted by Crippen LogP contribution is -2.31. The maximum Gasteiger partial charge on any atom is 0.229 e. The summed E-state index contributed by atoms with van der Waals surface area (Å²) in [4.78, 5) is 18.1. The van der Waals surface area contributed by atoms with E-state index in [1.54, 1.807) is 7.11 Å². The van der Waals surface area contributed by atoms with Gasteiger partial charge in [-0.05, 0) is 6.42 Å². The van der Waals surface area contributed by atoms with Gasteiger partial charge in [-0.15, -0.1) is 22.9 Å². The van der Waals surface area contributed by atoms with E-state index in [4.69, 9.17) is 16.3 Å². The smallest absolute Gasteiger partial charge is 0.229 e. The highest BCUT2D eigenvalue weighted by Gasteiger charge is 2.26. The average molecular weight is 275 g/mol. The van der Waals surface area contributed by atoms with E-state index in [-0.39, 0.29) is 12.0 Å². The zero-order valence-corrected chi connectivity index (χ0v) is 11.3. The molecule has 1 aliphatic rings. The van der Waals surface area contributed by atoms with E-state index < -0.39 is 0 Å². The van der Waals surface area contributed by atoms with E-state index in [1.807, 2.05) is 10.3 Å². The van der Waals surface area contributed by atoms with Crippen LogP contribution in [0.15, 0.2) is 5.38 Å². The van der Waals surface area contributed by atoms with Gasteiger partial charge in [0.05, 0.1) is 24.1 Å². The minimum Gasteiger partial charge on any atom is -0.380 e. The predicted molar refractivity (Wildman–Crippen MR) is 67.4 cm³/mol. The van der Waals surface area contributed by atoms with Crippen molar-refractivity contribution in [2.45, 2.75) is 24.8 Å². The zero-order chi connectivity index (χ0) is 12.3. The molecule has 94 valence electrons. The molecule has 0 saturated carbocycles. The largest absolute Gasteiger partial charge is 0.380 e. The van der Waals surface area contributed by atoms with Crippen molar-refractivity contribution in [3.05, 3.63) is 16.1 Å². The number of likely N-dealkylation sites (tertiary alicyclic amines) is 1. The Bertz CT molecular complexity index is 397. The van der Waals surface area contributed by atoms with Gasteiger partial charge in [-0.3, -0.25) is 4.79 Å². The average Bonchev–Trinajstić information content (AvgIpc) is 2.96. The first-order valence-electron chi connectivity index (χ1n) is 5.52. The van der Waals surface area contributed by atoms with Gasteiger partial charge in [0.1, 0.15) is 5.01 Å². The van der Waals surface area contributed by atoms with E-state index in [1.165, 1.54) is 11.3 Å². The van der Waals surface area contributed by atoms with E-state index >= 15 is 0 Å². The van der Waals surface area contributed by atoms with Crippen molar-refractivity contribution < 1.29 is 9.53 Å². The van der Waals surface area contributed by atoms with Crippen LogP contribution in [0.3, 0.4) is 0 Å². The van der Waals surface area contributed by atoms with Crippen LogP contribution in [0.25, 0.3) is 0 Å². The zero-order valence-electron chi connectivity index (χ0n) is 9.69. The molecule has 1 aliphatic heterocycles. The molecule has 1 amide bonds. The van der Waals surface area contributed by atoms with Crippen molar-refractivity contribution in [2.24, 2.45) is 0 Å². The molecule has 2 rings (SSSR count). The quantitative estimate of drug-likeness (QED) is 0.785. The molecule has 0 aromatic carbocycles. The number of hydrogen-bond acceptors (Lipinski definition) is 4. The number of halogens is 1. The molecule has 0 spiro atoms. The fraction of sp³-hybridized carbons (Fsp3) is 0.636. The molecule has 0 N–H and O–H groups in total. The van der Waals surface area contributed by atoms with Crippen LogP contribution in [0.1, 0.15) is 17.1 Å². The summed E-state index contributed by atoms with van der Waals surface area (Å²) >= 11 is 7.17. The van der Waals surface area contributed by atoms with E-state index in [0.29, 0.717) is 18.8 Å². The summed E-state index contributed by atoms with van der Waals surface area (Å²) < 4.78 is 5.24. The van der Waals surface area contributed by atoms with Crippen LogP contribution in [0.2, 0.25) is 0 Å². The Kier molecular flexibility index (Phi) is 4.36. The number of nitrogens with zero attached hydrogens (tertiary/aromatic N) is 2. The molecule has 0 aliphatic carbocycles. The van der Waals surface area contributed by atoms with Crippen LogP contribution in [0.5, 0.6) is 0 Å². The molecular formula is C11H15ClN2O2S. The van der Waals surface area contributed by atoms with Crippen LogP contribution in [0.4, 0.5) is 0 Å². The molecule has 0 bridgehead atoms. The lowest BCUT2D eigenvalue weighted by atomic mass is 10.3. The fourth-order valence-corrected chi connectivity index (χ4v) is 2.89. The SMILES string of the molecule is COC1CCN(C(=O)Cc2nc(CCl)cs2)C1. The first kappa shape index (κ1) is 12.8. The van der Waals surface area contributed by atoms with Crippen LogP contribution in [-0.4, -0.2) is 42.1 Å². The van der Waals surface area contributed by atoms with Gasteiger partial charge in [0.15, 0.2) is 0 Å². The third-order valence-corrected chi connectivity index (χ3v) is 4.04. The molecule has 1 atom stereocenters. The van der Waals surface area contributed by atoms with E-state index in [2.05, 4.69) is 4.98 Å². The first-order valence-corrected chi connectivity index (χ1v) is 6.94. The van der Waals surface area contributed by atoms with Crippen LogP contribution in [0, 0.1) is 0 Å². The maximum absolute atomic E-state index is 12.0. The van der Waals surface area contributed by atoms with Crippen molar-refractivity contribution in [2.75, 3.05) is 20.2 Å². The van der Waals surface area contributed by atoms with Crippen molar-refractivity contribution in [3.63, 3.8) is 0 Å². The highest BCUT2D eigenvalue weighted by molar-refractivity contribution is 7.09. The number of alkyl halides is 1. The topological polar surface area (TPSA) is 42.4 Å². The second kappa shape index (κ2) is 5.80. The molecular weight excluding hydrogens is 260 g/mol. The van der Waals surface area contributed by atoms with Gasteiger partial charge >= 0.3 is 0 Å². The van der Waals surface area contributed by atoms with E-state index in [0.717, 1.165) is 23.7 Å². The summed E-state index contributed by atoms with van der Waals surface area (Å²) in [5.74, 6) is 0.528. The standard InChI is InChI=1S/C11H15ClN2O2S/c1-16-9-2-3-14(6-9)11(15)4-10-13-8(5-12)7-17-10/h7,9H,2-6H2,1H3. The molecule has 17 heavy (non-hydrogen) atoms. The van der Waals surface area contributed by atoms with Gasteiger partial charge < -0.3 is 9.64 Å². The monoisotopic (exact) mass is 274 g/mol. The van der Waals surface area contributed by atoms with E-state index in [9.17, 15) is 4.79 Å². The summed E-state index contributed by atoms with van der Waals surface area (Å²) in [6, 6.07) is 0. The normalized spacial score (nSPS) is 19.9. The van der Waals surface area contributed by atoms with Crippen molar-refractivity contribution in [3.8, 4) is 0 Å². The molecule has 0 radical (unpaired) electrons. The highest BCUT2D eigenvalue weighted by Crippen LogP contribution is 2.16. The molecule has 6 heteroatoms. The number of aromatic nitrogens is 1. The van der Waals surface area contributed by atoms with Crippen LogP contribution < -0.4 is 0 Å². The molecule has 2 heterocycles. The summed E-state index contributed by atoms with van der Waals surface area (Å²) in [5, 5.41) is 2.74. The van der Waals surface area contributed by atoms with Crippen LogP contribution >= 0.6 is 22.9 Å². The number of amides is 1. The van der Waals surface area contributed by atoms with Gasteiger partial charge in [-0.1, -0.05) is 0 Å². The van der Waals surface area contributed by atoms with Crippen molar-refractivity contribution in [1.29, 1.82) is 0 Å². The van der Waals surface area contributed by atoms with Gasteiger partial charge in [0.25, 0.3) is 0 Å². The molecule has 4 nitrogen and oxygen atoms in total. The Morgan fingerprint density at radius 2 is 2.59 bits per heavy atom. The minimum atomic E-state index is 0.125. The number of thiazole rings is 1. The summed E-state index contributed by atoms with van der Waals surface area (Å²) in [6.07, 6.45) is 1.49. The summed E-state index contributed by atoms with van der Waals surface area (Å²) in [6.45, 7) is 1.48. The Labute approximate surface area is 110 Å². The number of ether oxygens (including phenoxy) is 1. The number of hydrogen-bond donors (Lipinski definition) is 0. The predicted octanol–water partition coefficient (Wildman–Crippen LogP) is 1.67. The van der Waals surface area contributed by atoms with Gasteiger partial charge in [0, 0.05) is 25.6 Å². The Hall–Kier alpha value is -0.650. The molecule has 1 unspecified atom stereocenters. The second-order valence-electron chi connectivity index (χ2n) is 4.03. The second-order valence-corrected chi connectivity index (χ2v) is 5.24. The van der Waals surface area contributed by atoms with Gasteiger partial charge in [-0.2, -0.15) is 0 Å². The highest BCUT2D eigenvalue weighted by atomic mass is 35.5. The Morgan fingerprint density at radius 3 is 3.18 bits per heavy atom. The lowest BCUT2D eigenvalue weighted by Gasteiger charge is -2.15. The third-order valence-electron chi connectivity index (χ3n) is 2.87. The molecule has 1 aromatic heterocycles. The van der Waals surface area contributed by atoms with Crippen LogP contribution in [-0.2, 0) is 21.8 Å². The number of methoxy groups -OCH3 is 1. The van der Waals surface area contributed by atoms with Gasteiger partial charge in [-0.25, -0.2) is 4.98 Å². The van der Waals surface area contributed by atoms with Gasteiger partial charge in [0.2, 0.25) is 5.91 Å². The molecule has 1 aromatic rings. The van der Waals surface area contributed by atoms with Crippen molar-refractivity contribution in [1.82, 2.24) is 9.88 Å². The summed E-state index contributed by atoms with van der Waals surface area (Å²) in [7, 11) is 1.69. The lowest BCUT2D eigenvalue weighted by molar-refractivity contribution is -0.129. The maximum atomic E-state index is 12.0. The number of carbonyl (C=O) groups is 1. The number of carbonyl (C=O) groups excluding carboxylic acids is 1. The van der Waals surface area contributed by atoms with Crippen molar-refractivity contribution >= 4 is 28.8 Å². The Balaban J connectivity index is 1.89. The molecule has 1 fully saturated rings. The third kappa shape index (κ3) is 3.18. The minimum absolute atomic E-state index is 0.125. The first-order chi connectivity index (χ1) is 8.22. The fourth-order valence-electron chi connectivity index (χ4n) is 1.88. The summed E-state index contributed by atoms with van der Waals surface area (Å²) in [5.41, 5.74) is 0.843.